The van der Waals surface area contributed by atoms with E-state index in [4.69, 9.17) is 5.73 Å². The van der Waals surface area contributed by atoms with Gasteiger partial charge >= 0.3 is 0 Å². The summed E-state index contributed by atoms with van der Waals surface area (Å²) in [7, 11) is 0. The molecular formula is C12H11BrFN3O. The summed E-state index contributed by atoms with van der Waals surface area (Å²) < 4.78 is 15.2. The van der Waals surface area contributed by atoms with Crippen molar-refractivity contribution in [3.63, 3.8) is 0 Å². The first-order chi connectivity index (χ1) is 8.49. The maximum atomic E-state index is 13.3. The molecule has 1 aromatic heterocycles. The van der Waals surface area contributed by atoms with Gasteiger partial charge in [0.1, 0.15) is 16.1 Å². The van der Waals surface area contributed by atoms with Crippen LogP contribution in [0.25, 0.3) is 0 Å². The highest BCUT2D eigenvalue weighted by Crippen LogP contribution is 2.13. The normalized spacial score (nSPS) is 10.6. The Balaban J connectivity index is 2.43. The van der Waals surface area contributed by atoms with Crippen LogP contribution in [0.2, 0.25) is 0 Å². The van der Waals surface area contributed by atoms with E-state index in [2.05, 4.69) is 20.9 Å². The van der Waals surface area contributed by atoms with Crippen molar-refractivity contribution in [2.75, 3.05) is 5.73 Å². The van der Waals surface area contributed by atoms with Gasteiger partial charge in [-0.3, -0.25) is 9.36 Å². The van der Waals surface area contributed by atoms with Gasteiger partial charge in [-0.1, -0.05) is 6.07 Å². The first kappa shape index (κ1) is 12.8. The first-order valence-electron chi connectivity index (χ1n) is 5.25. The molecule has 1 aromatic carbocycles. The lowest BCUT2D eigenvalue weighted by atomic mass is 10.2. The van der Waals surface area contributed by atoms with Crippen molar-refractivity contribution in [2.45, 2.75) is 13.5 Å². The molecule has 2 N–H and O–H groups in total. The molecule has 0 spiro atoms. The molecule has 18 heavy (non-hydrogen) atoms. The number of nitrogens with zero attached hydrogens (tertiary/aromatic N) is 2. The van der Waals surface area contributed by atoms with Gasteiger partial charge in [-0.2, -0.15) is 0 Å². The number of halogens is 2. The molecular weight excluding hydrogens is 301 g/mol. The highest BCUT2D eigenvalue weighted by Gasteiger charge is 2.07. The van der Waals surface area contributed by atoms with E-state index in [9.17, 15) is 9.18 Å². The number of rotatable bonds is 2. The number of nitrogens with two attached hydrogens (primary N) is 1. The summed E-state index contributed by atoms with van der Waals surface area (Å²) in [6.07, 6.45) is 1.46. The van der Waals surface area contributed by atoms with Crippen LogP contribution in [0.4, 0.5) is 10.1 Å². The Labute approximate surface area is 111 Å². The van der Waals surface area contributed by atoms with Gasteiger partial charge < -0.3 is 5.73 Å². The summed E-state index contributed by atoms with van der Waals surface area (Å²) in [6, 6.07) is 4.49. The summed E-state index contributed by atoms with van der Waals surface area (Å²) in [4.78, 5) is 16.0. The number of hydrogen-bond donors (Lipinski definition) is 1. The number of nitrogen functional groups attached to an aromatic ring is 1. The quantitative estimate of drug-likeness (QED) is 0.864. The molecule has 0 aliphatic carbocycles. The van der Waals surface area contributed by atoms with Crippen LogP contribution in [0.1, 0.15) is 11.4 Å². The molecule has 0 saturated heterocycles. The zero-order valence-electron chi connectivity index (χ0n) is 9.65. The molecule has 6 heteroatoms. The number of hydrogen-bond acceptors (Lipinski definition) is 3. The molecule has 0 amide bonds. The lowest BCUT2D eigenvalue weighted by Gasteiger charge is -2.10. The van der Waals surface area contributed by atoms with Gasteiger partial charge in [-0.15, -0.1) is 0 Å². The monoisotopic (exact) mass is 311 g/mol. The molecule has 0 fully saturated rings. The fourth-order valence-electron chi connectivity index (χ4n) is 1.59. The SMILES string of the molecule is Cc1ncc(Br)c(=O)n1Cc1ccc(N)c(F)c1. The molecule has 4 nitrogen and oxygen atoms in total. The summed E-state index contributed by atoms with van der Waals surface area (Å²) in [5, 5.41) is 0. The Morgan fingerprint density at radius 2 is 2.22 bits per heavy atom. The Morgan fingerprint density at radius 3 is 2.89 bits per heavy atom. The predicted molar refractivity (Wildman–Crippen MR) is 70.8 cm³/mol. The minimum atomic E-state index is -0.485. The van der Waals surface area contributed by atoms with Crippen molar-refractivity contribution >= 4 is 21.6 Å². The smallest absolute Gasteiger partial charge is 0.268 e. The summed E-state index contributed by atoms with van der Waals surface area (Å²) in [5.74, 6) is 0.0848. The van der Waals surface area contributed by atoms with E-state index in [1.807, 2.05) is 0 Å². The topological polar surface area (TPSA) is 60.9 Å². The van der Waals surface area contributed by atoms with Crippen molar-refractivity contribution in [3.05, 3.63) is 56.4 Å². The third-order valence-corrected chi connectivity index (χ3v) is 3.15. The molecule has 2 rings (SSSR count). The number of aryl methyl sites for hydroxylation is 1. The largest absolute Gasteiger partial charge is 0.396 e. The van der Waals surface area contributed by atoms with Gasteiger partial charge in [0.25, 0.3) is 5.56 Å². The zero-order valence-corrected chi connectivity index (χ0v) is 11.2. The predicted octanol–water partition coefficient (Wildman–Crippen LogP) is 2.08. The molecule has 0 aliphatic rings. The van der Waals surface area contributed by atoms with Crippen LogP contribution in [0.5, 0.6) is 0 Å². The van der Waals surface area contributed by atoms with Crippen LogP contribution in [0, 0.1) is 12.7 Å². The van der Waals surface area contributed by atoms with Crippen LogP contribution in [-0.4, -0.2) is 9.55 Å². The molecule has 94 valence electrons. The molecule has 0 atom stereocenters. The van der Waals surface area contributed by atoms with E-state index >= 15 is 0 Å². The standard InChI is InChI=1S/C12H11BrFN3O/c1-7-16-5-9(13)12(18)17(7)6-8-2-3-11(15)10(14)4-8/h2-5H,6,15H2,1H3. The van der Waals surface area contributed by atoms with Gasteiger partial charge in [0.2, 0.25) is 0 Å². The fraction of sp³-hybridized carbons (Fsp3) is 0.167. The molecule has 0 radical (unpaired) electrons. The van der Waals surface area contributed by atoms with Gasteiger partial charge in [0.15, 0.2) is 0 Å². The maximum absolute atomic E-state index is 13.3. The summed E-state index contributed by atoms with van der Waals surface area (Å²) in [6.45, 7) is 1.98. The minimum absolute atomic E-state index is 0.0928. The Morgan fingerprint density at radius 1 is 1.50 bits per heavy atom. The average molecular weight is 312 g/mol. The molecule has 0 saturated carbocycles. The van der Waals surface area contributed by atoms with Gasteiger partial charge in [-0.05, 0) is 40.5 Å². The van der Waals surface area contributed by atoms with Gasteiger partial charge in [0.05, 0.1) is 12.2 Å². The minimum Gasteiger partial charge on any atom is -0.396 e. The van der Waals surface area contributed by atoms with Gasteiger partial charge in [0, 0.05) is 6.20 Å². The van der Waals surface area contributed by atoms with E-state index in [-0.39, 0.29) is 17.8 Å². The highest BCUT2D eigenvalue weighted by atomic mass is 79.9. The lowest BCUT2D eigenvalue weighted by Crippen LogP contribution is -2.24. The maximum Gasteiger partial charge on any atom is 0.268 e. The van der Waals surface area contributed by atoms with Crippen molar-refractivity contribution in [2.24, 2.45) is 0 Å². The van der Waals surface area contributed by atoms with Crippen molar-refractivity contribution in [1.29, 1.82) is 0 Å². The average Bonchev–Trinajstić information content (AvgIpc) is 2.34. The molecule has 0 unspecified atom stereocenters. The zero-order chi connectivity index (χ0) is 13.3. The van der Waals surface area contributed by atoms with Crippen molar-refractivity contribution < 1.29 is 4.39 Å². The third kappa shape index (κ3) is 2.43. The van der Waals surface area contributed by atoms with Crippen LogP contribution in [0.15, 0.2) is 33.7 Å². The van der Waals surface area contributed by atoms with Crippen molar-refractivity contribution in [3.8, 4) is 0 Å². The van der Waals surface area contributed by atoms with Gasteiger partial charge in [-0.25, -0.2) is 9.37 Å². The molecule has 0 bridgehead atoms. The van der Waals surface area contributed by atoms with Crippen LogP contribution in [0.3, 0.4) is 0 Å². The fourth-order valence-corrected chi connectivity index (χ4v) is 1.91. The van der Waals surface area contributed by atoms with E-state index in [1.165, 1.54) is 22.9 Å². The number of aromatic nitrogens is 2. The number of benzene rings is 1. The highest BCUT2D eigenvalue weighted by molar-refractivity contribution is 9.10. The van der Waals surface area contributed by atoms with E-state index in [0.29, 0.717) is 15.9 Å². The molecule has 1 heterocycles. The lowest BCUT2D eigenvalue weighted by molar-refractivity contribution is 0.625. The third-order valence-electron chi connectivity index (χ3n) is 2.61. The van der Waals surface area contributed by atoms with E-state index in [0.717, 1.165) is 0 Å². The second kappa shape index (κ2) is 4.89. The molecule has 2 aromatic rings. The van der Waals surface area contributed by atoms with Crippen LogP contribution in [-0.2, 0) is 6.54 Å². The second-order valence-electron chi connectivity index (χ2n) is 3.90. The first-order valence-corrected chi connectivity index (χ1v) is 6.04. The van der Waals surface area contributed by atoms with Crippen LogP contribution < -0.4 is 11.3 Å². The Bertz CT molecular complexity index is 654. The number of anilines is 1. The van der Waals surface area contributed by atoms with E-state index < -0.39 is 5.82 Å². The van der Waals surface area contributed by atoms with Crippen molar-refractivity contribution in [1.82, 2.24) is 9.55 Å². The Kier molecular flexibility index (Phi) is 3.47. The summed E-state index contributed by atoms with van der Waals surface area (Å²) >= 11 is 3.13. The Hall–Kier alpha value is -1.69. The second-order valence-corrected chi connectivity index (χ2v) is 4.75. The van der Waals surface area contributed by atoms with E-state index in [1.54, 1.807) is 13.0 Å². The molecule has 0 aliphatic heterocycles. The van der Waals surface area contributed by atoms with Crippen LogP contribution >= 0.6 is 15.9 Å². The summed E-state index contributed by atoms with van der Waals surface area (Å²) in [5.41, 5.74) is 5.96.